The number of aryl methyl sites for hydroxylation is 1. The topological polar surface area (TPSA) is 48.1 Å². The summed E-state index contributed by atoms with van der Waals surface area (Å²) in [5.41, 5.74) is 7.74. The lowest BCUT2D eigenvalue weighted by Crippen LogP contribution is -2.08. The van der Waals surface area contributed by atoms with Gasteiger partial charge in [0, 0.05) is 0 Å². The molecule has 1 aromatic heterocycles. The highest BCUT2D eigenvalue weighted by Gasteiger charge is 2.12. The van der Waals surface area contributed by atoms with E-state index in [1.807, 2.05) is 25.1 Å². The first-order valence-electron chi connectivity index (χ1n) is 6.47. The molecule has 0 spiro atoms. The molecular formula is C15H18N2OS2. The van der Waals surface area contributed by atoms with E-state index < -0.39 is 0 Å². The van der Waals surface area contributed by atoms with Crippen molar-refractivity contribution in [3.05, 3.63) is 45.4 Å². The summed E-state index contributed by atoms with van der Waals surface area (Å²) in [5, 5.41) is 0.892. The van der Waals surface area contributed by atoms with Gasteiger partial charge in [-0.1, -0.05) is 44.3 Å². The van der Waals surface area contributed by atoms with E-state index in [1.54, 1.807) is 0 Å². The van der Waals surface area contributed by atoms with Crippen LogP contribution in [0, 0.1) is 6.92 Å². The van der Waals surface area contributed by atoms with Crippen molar-refractivity contribution in [1.82, 2.24) is 4.98 Å². The van der Waals surface area contributed by atoms with Crippen molar-refractivity contribution in [2.45, 2.75) is 33.3 Å². The molecule has 106 valence electrons. The largest absolute Gasteiger partial charge is 0.486 e. The van der Waals surface area contributed by atoms with Gasteiger partial charge in [0.2, 0.25) is 0 Å². The van der Waals surface area contributed by atoms with Crippen molar-refractivity contribution in [2.24, 2.45) is 5.73 Å². The molecule has 0 atom stereocenters. The van der Waals surface area contributed by atoms with Gasteiger partial charge in [0.1, 0.15) is 22.4 Å². The number of benzene rings is 1. The van der Waals surface area contributed by atoms with Gasteiger partial charge in [0.05, 0.1) is 10.6 Å². The number of aromatic nitrogens is 1. The molecule has 2 N–H and O–H groups in total. The summed E-state index contributed by atoms with van der Waals surface area (Å²) in [5.74, 6) is 1.34. The van der Waals surface area contributed by atoms with Gasteiger partial charge in [-0.05, 0) is 24.5 Å². The van der Waals surface area contributed by atoms with E-state index in [0.29, 0.717) is 17.5 Å². The lowest BCUT2D eigenvalue weighted by molar-refractivity contribution is 0.301. The normalized spacial score (nSPS) is 10.8. The average molecular weight is 306 g/mol. The van der Waals surface area contributed by atoms with Crippen molar-refractivity contribution in [3.63, 3.8) is 0 Å². The smallest absolute Gasteiger partial charge is 0.140 e. The Morgan fingerprint density at radius 3 is 2.70 bits per heavy atom. The molecule has 0 aliphatic heterocycles. The minimum Gasteiger partial charge on any atom is -0.486 e. The molecule has 0 aliphatic carbocycles. The van der Waals surface area contributed by atoms with Gasteiger partial charge in [-0.3, -0.25) is 0 Å². The Morgan fingerprint density at radius 1 is 1.40 bits per heavy atom. The molecule has 0 unspecified atom stereocenters. The maximum atomic E-state index is 5.90. The summed E-state index contributed by atoms with van der Waals surface area (Å²) in [4.78, 5) is 5.72. The number of thiocarbonyl (C=S) groups is 1. The van der Waals surface area contributed by atoms with Crippen LogP contribution in [0.4, 0.5) is 0 Å². The Kier molecular flexibility index (Phi) is 4.73. The van der Waals surface area contributed by atoms with Gasteiger partial charge >= 0.3 is 0 Å². The molecule has 20 heavy (non-hydrogen) atoms. The molecule has 0 amide bonds. The van der Waals surface area contributed by atoms with E-state index in [9.17, 15) is 0 Å². The van der Waals surface area contributed by atoms with Crippen LogP contribution in [0.5, 0.6) is 5.75 Å². The average Bonchev–Trinajstić information content (AvgIpc) is 2.78. The first-order valence-corrected chi connectivity index (χ1v) is 7.69. The van der Waals surface area contributed by atoms with Crippen LogP contribution >= 0.6 is 23.6 Å². The zero-order valence-corrected chi connectivity index (χ0v) is 13.5. The van der Waals surface area contributed by atoms with Crippen LogP contribution in [0.25, 0.3) is 0 Å². The van der Waals surface area contributed by atoms with Crippen molar-refractivity contribution in [3.8, 4) is 5.75 Å². The van der Waals surface area contributed by atoms with E-state index in [0.717, 1.165) is 21.3 Å². The number of hydrogen-bond acceptors (Lipinski definition) is 4. The second kappa shape index (κ2) is 6.33. The molecule has 0 aliphatic rings. The monoisotopic (exact) mass is 306 g/mol. The van der Waals surface area contributed by atoms with E-state index in [1.165, 1.54) is 16.9 Å². The number of para-hydroxylation sites is 1. The first-order chi connectivity index (χ1) is 9.49. The number of hydrogen-bond donors (Lipinski definition) is 1. The van der Waals surface area contributed by atoms with Crippen molar-refractivity contribution in [1.29, 1.82) is 0 Å². The van der Waals surface area contributed by atoms with Crippen LogP contribution < -0.4 is 10.5 Å². The van der Waals surface area contributed by atoms with E-state index in [4.69, 9.17) is 22.7 Å². The van der Waals surface area contributed by atoms with Crippen LogP contribution in [-0.2, 0) is 6.61 Å². The highest BCUT2D eigenvalue weighted by molar-refractivity contribution is 7.81. The minimum atomic E-state index is 0.397. The predicted octanol–water partition coefficient (Wildman–Crippen LogP) is 3.79. The Morgan fingerprint density at radius 2 is 2.10 bits per heavy atom. The van der Waals surface area contributed by atoms with Gasteiger partial charge in [-0.25, -0.2) is 4.98 Å². The SMILES string of the molecule is Cc1nc(COc2ccccc2C(C)C)sc1C(N)=S. The molecule has 2 aromatic rings. The lowest BCUT2D eigenvalue weighted by atomic mass is 10.0. The van der Waals surface area contributed by atoms with Crippen molar-refractivity contribution >= 4 is 28.5 Å². The fourth-order valence-corrected chi connectivity index (χ4v) is 3.07. The van der Waals surface area contributed by atoms with Crippen molar-refractivity contribution in [2.75, 3.05) is 0 Å². The summed E-state index contributed by atoms with van der Waals surface area (Å²) in [6.45, 7) is 6.66. The van der Waals surface area contributed by atoms with Crippen LogP contribution in [0.3, 0.4) is 0 Å². The molecule has 3 nitrogen and oxygen atoms in total. The number of nitrogens with two attached hydrogens (primary N) is 1. The third-order valence-electron chi connectivity index (χ3n) is 2.96. The van der Waals surface area contributed by atoms with Crippen LogP contribution in [-0.4, -0.2) is 9.97 Å². The summed E-state index contributed by atoms with van der Waals surface area (Å²) in [7, 11) is 0. The molecular weight excluding hydrogens is 288 g/mol. The molecule has 0 fully saturated rings. The van der Waals surface area contributed by atoms with Crippen LogP contribution in [0.1, 0.15) is 40.9 Å². The second-order valence-electron chi connectivity index (χ2n) is 4.87. The highest BCUT2D eigenvalue weighted by Crippen LogP contribution is 2.27. The van der Waals surface area contributed by atoms with E-state index >= 15 is 0 Å². The van der Waals surface area contributed by atoms with Gasteiger partial charge in [0.15, 0.2) is 0 Å². The lowest BCUT2D eigenvalue weighted by Gasteiger charge is -2.12. The third-order valence-corrected chi connectivity index (χ3v) is 4.45. The van der Waals surface area contributed by atoms with Crippen LogP contribution in [0.15, 0.2) is 24.3 Å². The maximum Gasteiger partial charge on any atom is 0.140 e. The fourth-order valence-electron chi connectivity index (χ4n) is 1.97. The maximum absolute atomic E-state index is 5.90. The number of ether oxygens (including phenoxy) is 1. The summed E-state index contributed by atoms with van der Waals surface area (Å²) >= 11 is 6.50. The van der Waals surface area contributed by atoms with Crippen LogP contribution in [0.2, 0.25) is 0 Å². The summed E-state index contributed by atoms with van der Waals surface area (Å²) in [6.07, 6.45) is 0. The van der Waals surface area contributed by atoms with Crippen molar-refractivity contribution < 1.29 is 4.74 Å². The Bertz CT molecular complexity index is 620. The summed E-state index contributed by atoms with van der Waals surface area (Å²) < 4.78 is 5.90. The molecule has 1 heterocycles. The number of nitrogens with zero attached hydrogens (tertiary/aromatic N) is 1. The van der Waals surface area contributed by atoms with E-state index in [-0.39, 0.29) is 0 Å². The highest BCUT2D eigenvalue weighted by atomic mass is 32.1. The minimum absolute atomic E-state index is 0.397. The molecule has 1 aromatic carbocycles. The number of rotatable bonds is 5. The standard InChI is InChI=1S/C15H18N2OS2/c1-9(2)11-6-4-5-7-12(11)18-8-13-17-10(3)14(20-13)15(16)19/h4-7,9H,8H2,1-3H3,(H2,16,19). The molecule has 0 bridgehead atoms. The van der Waals surface area contributed by atoms with Gasteiger partial charge < -0.3 is 10.5 Å². The quantitative estimate of drug-likeness (QED) is 0.854. The molecule has 2 rings (SSSR count). The molecule has 0 saturated carbocycles. The predicted molar refractivity (Wildman–Crippen MR) is 87.6 cm³/mol. The Balaban J connectivity index is 2.13. The molecule has 0 saturated heterocycles. The fraction of sp³-hybridized carbons (Fsp3) is 0.333. The number of thiazole rings is 1. The third kappa shape index (κ3) is 3.35. The summed E-state index contributed by atoms with van der Waals surface area (Å²) in [6, 6.07) is 8.09. The second-order valence-corrected chi connectivity index (χ2v) is 6.39. The Labute approximate surface area is 128 Å². The van der Waals surface area contributed by atoms with Gasteiger partial charge in [-0.15, -0.1) is 11.3 Å². The van der Waals surface area contributed by atoms with E-state index in [2.05, 4.69) is 24.9 Å². The zero-order valence-electron chi connectivity index (χ0n) is 11.8. The van der Waals surface area contributed by atoms with Gasteiger partial charge in [-0.2, -0.15) is 0 Å². The first kappa shape index (κ1) is 14.9. The Hall–Kier alpha value is -1.46. The van der Waals surface area contributed by atoms with Gasteiger partial charge in [0.25, 0.3) is 0 Å². The molecule has 5 heteroatoms. The zero-order chi connectivity index (χ0) is 14.7. The molecule has 0 radical (unpaired) electrons.